The van der Waals surface area contributed by atoms with E-state index in [1.54, 1.807) is 0 Å². The van der Waals surface area contributed by atoms with E-state index in [1.807, 2.05) is 60.0 Å². The van der Waals surface area contributed by atoms with Crippen LogP contribution in [0, 0.1) is 0 Å². The zero-order valence-corrected chi connectivity index (χ0v) is 15.2. The third kappa shape index (κ3) is 5.00. The average Bonchev–Trinajstić information content (AvgIpc) is 3.09. The fourth-order valence-electron chi connectivity index (χ4n) is 2.48. The lowest BCUT2D eigenvalue weighted by molar-refractivity contribution is -0.120. The van der Waals surface area contributed by atoms with Crippen molar-refractivity contribution < 1.29 is 9.59 Å². The van der Waals surface area contributed by atoms with E-state index in [0.29, 0.717) is 6.54 Å². The normalized spacial score (nSPS) is 10.3. The zero-order valence-electron chi connectivity index (χ0n) is 14.4. The number of anilines is 1. The second kappa shape index (κ2) is 8.40. The molecule has 0 aliphatic carbocycles. The van der Waals surface area contributed by atoms with Gasteiger partial charge in [-0.05, 0) is 17.7 Å². The predicted octanol–water partition coefficient (Wildman–Crippen LogP) is 3.63. The summed E-state index contributed by atoms with van der Waals surface area (Å²) in [5.41, 5.74) is 3.44. The maximum atomic E-state index is 12.1. The first-order valence-electron chi connectivity index (χ1n) is 8.23. The third-order valence-corrected chi connectivity index (χ3v) is 4.60. The quantitative estimate of drug-likeness (QED) is 0.701. The highest BCUT2D eigenvalue weighted by Gasteiger charge is 2.10. The first kappa shape index (κ1) is 17.8. The molecule has 2 aromatic carbocycles. The molecule has 26 heavy (non-hydrogen) atoms. The van der Waals surface area contributed by atoms with Gasteiger partial charge in [-0.25, -0.2) is 4.98 Å². The Morgan fingerprint density at radius 1 is 1.08 bits per heavy atom. The van der Waals surface area contributed by atoms with Crippen molar-refractivity contribution in [3.8, 4) is 10.6 Å². The van der Waals surface area contributed by atoms with Crippen molar-refractivity contribution >= 4 is 28.8 Å². The van der Waals surface area contributed by atoms with Crippen LogP contribution in [0.3, 0.4) is 0 Å². The van der Waals surface area contributed by atoms with E-state index in [2.05, 4.69) is 15.6 Å². The first-order chi connectivity index (χ1) is 12.6. The Morgan fingerprint density at radius 3 is 2.65 bits per heavy atom. The van der Waals surface area contributed by atoms with Gasteiger partial charge in [-0.2, -0.15) is 0 Å². The van der Waals surface area contributed by atoms with Gasteiger partial charge in [-0.1, -0.05) is 42.5 Å². The predicted molar refractivity (Wildman–Crippen MR) is 104 cm³/mol. The molecule has 2 amide bonds. The monoisotopic (exact) mass is 365 g/mol. The standard InChI is InChI=1S/C20H19N3O2S/c1-14(24)22-17-9-5-8-16(10-17)20-23-18(13-26-20)11-19(25)21-12-15-6-3-2-4-7-15/h2-10,13H,11-12H2,1H3,(H,21,25)(H,22,24). The summed E-state index contributed by atoms with van der Waals surface area (Å²) in [5.74, 6) is -0.172. The van der Waals surface area contributed by atoms with Gasteiger partial charge in [-0.15, -0.1) is 11.3 Å². The molecule has 0 fully saturated rings. The topological polar surface area (TPSA) is 71.1 Å². The van der Waals surface area contributed by atoms with E-state index >= 15 is 0 Å². The second-order valence-electron chi connectivity index (χ2n) is 5.85. The van der Waals surface area contributed by atoms with E-state index in [0.717, 1.165) is 27.5 Å². The van der Waals surface area contributed by atoms with Crippen molar-refractivity contribution in [3.63, 3.8) is 0 Å². The summed E-state index contributed by atoms with van der Waals surface area (Å²) < 4.78 is 0. The zero-order chi connectivity index (χ0) is 18.4. The van der Waals surface area contributed by atoms with Crippen LogP contribution < -0.4 is 10.6 Å². The van der Waals surface area contributed by atoms with Crippen LogP contribution in [0.25, 0.3) is 10.6 Å². The summed E-state index contributed by atoms with van der Waals surface area (Å²) >= 11 is 1.48. The number of nitrogens with zero attached hydrogens (tertiary/aromatic N) is 1. The molecule has 0 aliphatic heterocycles. The van der Waals surface area contributed by atoms with Crippen LogP contribution in [-0.2, 0) is 22.6 Å². The number of rotatable bonds is 6. The molecule has 3 aromatic rings. The highest BCUT2D eigenvalue weighted by molar-refractivity contribution is 7.13. The lowest BCUT2D eigenvalue weighted by atomic mass is 10.2. The number of benzene rings is 2. The van der Waals surface area contributed by atoms with E-state index in [9.17, 15) is 9.59 Å². The number of carbonyl (C=O) groups is 2. The fourth-order valence-corrected chi connectivity index (χ4v) is 3.29. The van der Waals surface area contributed by atoms with Gasteiger partial charge in [-0.3, -0.25) is 9.59 Å². The molecule has 3 rings (SSSR count). The van der Waals surface area contributed by atoms with Crippen LogP contribution in [0.5, 0.6) is 0 Å². The molecule has 132 valence electrons. The van der Waals surface area contributed by atoms with Crippen molar-refractivity contribution in [1.82, 2.24) is 10.3 Å². The minimum absolute atomic E-state index is 0.0577. The maximum Gasteiger partial charge on any atom is 0.226 e. The Morgan fingerprint density at radius 2 is 1.88 bits per heavy atom. The second-order valence-corrected chi connectivity index (χ2v) is 6.70. The van der Waals surface area contributed by atoms with Gasteiger partial charge in [0, 0.05) is 30.1 Å². The van der Waals surface area contributed by atoms with Gasteiger partial charge in [0.05, 0.1) is 12.1 Å². The molecule has 0 unspecified atom stereocenters. The SMILES string of the molecule is CC(=O)Nc1cccc(-c2nc(CC(=O)NCc3ccccc3)cs2)c1. The molecular weight excluding hydrogens is 346 g/mol. The largest absolute Gasteiger partial charge is 0.352 e. The summed E-state index contributed by atoms with van der Waals surface area (Å²) in [6.07, 6.45) is 0.245. The van der Waals surface area contributed by atoms with Gasteiger partial charge < -0.3 is 10.6 Å². The third-order valence-electron chi connectivity index (χ3n) is 3.66. The molecule has 1 heterocycles. The molecule has 0 spiro atoms. The average molecular weight is 365 g/mol. The molecule has 6 heteroatoms. The Labute approximate surface area is 156 Å². The Kier molecular flexibility index (Phi) is 5.76. The number of nitrogens with one attached hydrogen (secondary N) is 2. The number of aromatic nitrogens is 1. The molecule has 2 N–H and O–H groups in total. The van der Waals surface area contributed by atoms with Crippen LogP contribution in [0.1, 0.15) is 18.2 Å². The number of hydrogen-bond donors (Lipinski definition) is 2. The Balaban J connectivity index is 1.61. The van der Waals surface area contributed by atoms with Gasteiger partial charge in [0.25, 0.3) is 0 Å². The molecular formula is C20H19N3O2S. The summed E-state index contributed by atoms with van der Waals surface area (Å²) in [4.78, 5) is 27.8. The van der Waals surface area contributed by atoms with Crippen molar-refractivity contribution in [1.29, 1.82) is 0 Å². The minimum Gasteiger partial charge on any atom is -0.352 e. The fraction of sp³-hybridized carbons (Fsp3) is 0.150. The summed E-state index contributed by atoms with van der Waals surface area (Å²) in [6, 6.07) is 17.3. The molecule has 0 atom stereocenters. The van der Waals surface area contributed by atoms with Crippen molar-refractivity contribution in [2.75, 3.05) is 5.32 Å². The Hall–Kier alpha value is -2.99. The van der Waals surface area contributed by atoms with Gasteiger partial charge in [0.1, 0.15) is 5.01 Å². The summed E-state index contributed by atoms with van der Waals surface area (Å²) in [5, 5.41) is 8.38. The van der Waals surface area contributed by atoms with E-state index in [4.69, 9.17) is 0 Å². The van der Waals surface area contributed by atoms with Gasteiger partial charge in [0.2, 0.25) is 11.8 Å². The molecule has 0 saturated heterocycles. The van der Waals surface area contributed by atoms with Gasteiger partial charge in [0.15, 0.2) is 0 Å². The lowest BCUT2D eigenvalue weighted by Crippen LogP contribution is -2.24. The Bertz CT molecular complexity index is 906. The van der Waals surface area contributed by atoms with E-state index in [-0.39, 0.29) is 18.2 Å². The van der Waals surface area contributed by atoms with E-state index in [1.165, 1.54) is 18.3 Å². The van der Waals surface area contributed by atoms with Crippen molar-refractivity contribution in [3.05, 3.63) is 71.2 Å². The maximum absolute atomic E-state index is 12.1. The van der Waals surface area contributed by atoms with Crippen molar-refractivity contribution in [2.24, 2.45) is 0 Å². The molecule has 0 saturated carbocycles. The number of thiazole rings is 1. The first-order valence-corrected chi connectivity index (χ1v) is 9.11. The molecule has 0 aliphatic rings. The highest BCUT2D eigenvalue weighted by Crippen LogP contribution is 2.26. The molecule has 0 bridgehead atoms. The van der Waals surface area contributed by atoms with Crippen LogP contribution in [-0.4, -0.2) is 16.8 Å². The minimum atomic E-state index is -0.114. The molecule has 5 nitrogen and oxygen atoms in total. The summed E-state index contributed by atoms with van der Waals surface area (Å²) in [7, 11) is 0. The highest BCUT2D eigenvalue weighted by atomic mass is 32.1. The lowest BCUT2D eigenvalue weighted by Gasteiger charge is -2.04. The summed E-state index contributed by atoms with van der Waals surface area (Å²) in [6.45, 7) is 1.98. The number of amides is 2. The van der Waals surface area contributed by atoms with Crippen LogP contribution in [0.15, 0.2) is 60.0 Å². The van der Waals surface area contributed by atoms with Crippen LogP contribution in [0.4, 0.5) is 5.69 Å². The van der Waals surface area contributed by atoms with Crippen molar-refractivity contribution in [2.45, 2.75) is 19.9 Å². The smallest absolute Gasteiger partial charge is 0.226 e. The van der Waals surface area contributed by atoms with Crippen LogP contribution in [0.2, 0.25) is 0 Å². The van der Waals surface area contributed by atoms with E-state index < -0.39 is 0 Å². The molecule has 1 aromatic heterocycles. The number of carbonyl (C=O) groups excluding carboxylic acids is 2. The van der Waals surface area contributed by atoms with Crippen LogP contribution >= 0.6 is 11.3 Å². The number of hydrogen-bond acceptors (Lipinski definition) is 4. The van der Waals surface area contributed by atoms with Gasteiger partial charge >= 0.3 is 0 Å². The molecule has 0 radical (unpaired) electrons.